The van der Waals surface area contributed by atoms with Crippen molar-refractivity contribution < 1.29 is 9.59 Å². The Morgan fingerprint density at radius 3 is 2.74 bits per heavy atom. The number of aromatic nitrogens is 1. The smallest absolute Gasteiger partial charge is 0.269 e. The highest BCUT2D eigenvalue weighted by Gasteiger charge is 2.49. The van der Waals surface area contributed by atoms with Crippen LogP contribution in [-0.2, 0) is 4.79 Å². The van der Waals surface area contributed by atoms with Gasteiger partial charge in [0.1, 0.15) is 11.5 Å². The lowest BCUT2D eigenvalue weighted by atomic mass is 9.77. The summed E-state index contributed by atoms with van der Waals surface area (Å²) in [5.41, 5.74) is 0.162. The van der Waals surface area contributed by atoms with Crippen molar-refractivity contribution in [3.05, 3.63) is 23.9 Å². The van der Waals surface area contributed by atoms with E-state index in [4.69, 9.17) is 0 Å². The summed E-state index contributed by atoms with van der Waals surface area (Å²) in [4.78, 5) is 34.3. The van der Waals surface area contributed by atoms with Crippen molar-refractivity contribution in [2.45, 2.75) is 57.4 Å². The van der Waals surface area contributed by atoms with E-state index in [2.05, 4.69) is 20.1 Å². The molecule has 4 rings (SSSR count). The summed E-state index contributed by atoms with van der Waals surface area (Å²) >= 11 is 0. The maximum absolute atomic E-state index is 13.5. The van der Waals surface area contributed by atoms with E-state index in [9.17, 15) is 9.59 Å². The molecule has 3 fully saturated rings. The molecule has 0 radical (unpaired) electrons. The standard InChI is InChI=1S/C21H30N4O2/c1-22-19(26)17-9-5-10-18(23-17)24-14-12-21(15-24)11-6-13-25(20(21)27)16-7-3-2-4-8-16/h5,9-10,16H,2-4,6-8,11-15H2,1H3,(H,22,26). The van der Waals surface area contributed by atoms with Gasteiger partial charge in [0.05, 0.1) is 5.41 Å². The predicted octanol–water partition coefficient (Wildman–Crippen LogP) is 2.59. The highest BCUT2D eigenvalue weighted by molar-refractivity contribution is 5.92. The summed E-state index contributed by atoms with van der Waals surface area (Å²) in [6.45, 7) is 2.48. The first-order chi connectivity index (χ1) is 13.1. The van der Waals surface area contributed by atoms with Crippen molar-refractivity contribution in [1.29, 1.82) is 0 Å². The van der Waals surface area contributed by atoms with Gasteiger partial charge in [-0.15, -0.1) is 0 Å². The summed E-state index contributed by atoms with van der Waals surface area (Å²) in [5.74, 6) is 0.990. The number of carbonyl (C=O) groups excluding carboxylic acids is 2. The second-order valence-corrected chi connectivity index (χ2v) is 8.31. The topological polar surface area (TPSA) is 65.5 Å². The molecule has 2 amide bonds. The number of hydrogen-bond acceptors (Lipinski definition) is 4. The first kappa shape index (κ1) is 18.3. The number of anilines is 1. The number of rotatable bonds is 3. The molecule has 6 heteroatoms. The molecule has 1 N–H and O–H groups in total. The number of hydrogen-bond donors (Lipinski definition) is 1. The third-order valence-electron chi connectivity index (χ3n) is 6.66. The van der Waals surface area contributed by atoms with Crippen LogP contribution in [0.4, 0.5) is 5.82 Å². The number of nitrogens with one attached hydrogen (secondary N) is 1. The summed E-state index contributed by atoms with van der Waals surface area (Å²) in [6, 6.07) is 5.99. The molecule has 6 nitrogen and oxygen atoms in total. The van der Waals surface area contributed by atoms with E-state index >= 15 is 0 Å². The molecule has 27 heavy (non-hydrogen) atoms. The molecule has 0 aromatic carbocycles. The van der Waals surface area contributed by atoms with Crippen molar-refractivity contribution >= 4 is 17.6 Å². The van der Waals surface area contributed by atoms with Crippen molar-refractivity contribution in [1.82, 2.24) is 15.2 Å². The molecule has 3 aliphatic rings. The van der Waals surface area contributed by atoms with Gasteiger partial charge in [0.15, 0.2) is 0 Å². The fraction of sp³-hybridized carbons (Fsp3) is 0.667. The van der Waals surface area contributed by atoms with Crippen LogP contribution in [0.5, 0.6) is 0 Å². The second-order valence-electron chi connectivity index (χ2n) is 8.31. The second kappa shape index (κ2) is 7.49. The Bertz CT molecular complexity index is 716. The fourth-order valence-electron chi connectivity index (χ4n) is 5.14. The molecule has 0 bridgehead atoms. The first-order valence-corrected chi connectivity index (χ1v) is 10.4. The van der Waals surface area contributed by atoms with Gasteiger partial charge < -0.3 is 15.1 Å². The highest BCUT2D eigenvalue weighted by Crippen LogP contribution is 2.42. The predicted molar refractivity (Wildman–Crippen MR) is 105 cm³/mol. The summed E-state index contributed by atoms with van der Waals surface area (Å²) in [6.07, 6.45) is 9.12. The average molecular weight is 370 g/mol. The van der Waals surface area contributed by atoms with Crippen molar-refractivity contribution in [2.75, 3.05) is 31.6 Å². The summed E-state index contributed by atoms with van der Waals surface area (Å²) in [7, 11) is 1.61. The highest BCUT2D eigenvalue weighted by atomic mass is 16.2. The number of likely N-dealkylation sites (tertiary alicyclic amines) is 1. The van der Waals surface area contributed by atoms with Gasteiger partial charge in [-0.1, -0.05) is 25.3 Å². The number of piperidine rings is 1. The third kappa shape index (κ3) is 3.42. The van der Waals surface area contributed by atoms with E-state index in [0.29, 0.717) is 17.6 Å². The molecule has 3 heterocycles. The average Bonchev–Trinajstić information content (AvgIpc) is 3.15. The van der Waals surface area contributed by atoms with Gasteiger partial charge in [0, 0.05) is 32.7 Å². The first-order valence-electron chi connectivity index (χ1n) is 10.4. The van der Waals surface area contributed by atoms with Crippen LogP contribution < -0.4 is 10.2 Å². The van der Waals surface area contributed by atoms with Crippen LogP contribution in [0.25, 0.3) is 0 Å². The number of nitrogens with zero attached hydrogens (tertiary/aromatic N) is 3. The SMILES string of the molecule is CNC(=O)c1cccc(N2CCC3(CCCN(C4CCCCC4)C3=O)C2)n1. The quantitative estimate of drug-likeness (QED) is 0.888. The molecule has 1 unspecified atom stereocenters. The van der Waals surface area contributed by atoms with Crippen LogP contribution in [0.15, 0.2) is 18.2 Å². The largest absolute Gasteiger partial charge is 0.355 e. The van der Waals surface area contributed by atoms with E-state index in [-0.39, 0.29) is 11.3 Å². The molecule has 1 saturated carbocycles. The normalized spacial score (nSPS) is 26.6. The summed E-state index contributed by atoms with van der Waals surface area (Å²) in [5, 5.41) is 2.62. The lowest BCUT2D eigenvalue weighted by Gasteiger charge is -2.44. The molecule has 146 valence electrons. The van der Waals surface area contributed by atoms with Crippen molar-refractivity contribution in [2.24, 2.45) is 5.41 Å². The van der Waals surface area contributed by atoms with Gasteiger partial charge >= 0.3 is 0 Å². The zero-order valence-electron chi connectivity index (χ0n) is 16.2. The van der Waals surface area contributed by atoms with Gasteiger partial charge in [-0.2, -0.15) is 0 Å². The van der Waals surface area contributed by atoms with Crippen LogP contribution in [0.1, 0.15) is 61.9 Å². The molecule has 2 aliphatic heterocycles. The van der Waals surface area contributed by atoms with Gasteiger partial charge in [0.25, 0.3) is 5.91 Å². The van der Waals surface area contributed by atoms with Gasteiger partial charge in [-0.3, -0.25) is 9.59 Å². The Morgan fingerprint density at radius 2 is 1.96 bits per heavy atom. The molecular formula is C21H30N4O2. The minimum absolute atomic E-state index is 0.178. The lowest BCUT2D eigenvalue weighted by Crippen LogP contribution is -2.54. The van der Waals surface area contributed by atoms with E-state index in [1.165, 1.54) is 32.1 Å². The maximum atomic E-state index is 13.5. The van der Waals surface area contributed by atoms with Crippen LogP contribution in [0.3, 0.4) is 0 Å². The number of carbonyl (C=O) groups is 2. The Labute approximate surface area is 161 Å². The van der Waals surface area contributed by atoms with Gasteiger partial charge in [-0.05, 0) is 44.2 Å². The van der Waals surface area contributed by atoms with E-state index < -0.39 is 0 Å². The van der Waals surface area contributed by atoms with E-state index in [1.807, 2.05) is 12.1 Å². The van der Waals surface area contributed by atoms with Gasteiger partial charge in [0.2, 0.25) is 5.91 Å². The Hall–Kier alpha value is -2.11. The fourth-order valence-corrected chi connectivity index (χ4v) is 5.14. The Morgan fingerprint density at radius 1 is 1.15 bits per heavy atom. The monoisotopic (exact) mass is 370 g/mol. The third-order valence-corrected chi connectivity index (χ3v) is 6.66. The van der Waals surface area contributed by atoms with E-state index in [1.54, 1.807) is 13.1 Å². The summed E-state index contributed by atoms with van der Waals surface area (Å²) < 4.78 is 0. The molecule has 1 aromatic heterocycles. The van der Waals surface area contributed by atoms with Crippen LogP contribution in [0.2, 0.25) is 0 Å². The minimum Gasteiger partial charge on any atom is -0.355 e. The number of amides is 2. The number of pyridine rings is 1. The minimum atomic E-state index is -0.263. The zero-order valence-corrected chi connectivity index (χ0v) is 16.2. The molecule has 1 atom stereocenters. The van der Waals surface area contributed by atoms with Crippen LogP contribution in [-0.4, -0.2) is 54.4 Å². The van der Waals surface area contributed by atoms with Crippen molar-refractivity contribution in [3.8, 4) is 0 Å². The lowest BCUT2D eigenvalue weighted by molar-refractivity contribution is -0.148. The van der Waals surface area contributed by atoms with Crippen LogP contribution in [0, 0.1) is 5.41 Å². The molecule has 1 aliphatic carbocycles. The maximum Gasteiger partial charge on any atom is 0.269 e. The molecule has 2 saturated heterocycles. The van der Waals surface area contributed by atoms with Gasteiger partial charge in [-0.25, -0.2) is 4.98 Å². The Kier molecular flexibility index (Phi) is 5.06. The Balaban J connectivity index is 1.50. The van der Waals surface area contributed by atoms with E-state index in [0.717, 1.165) is 44.7 Å². The molecule has 1 aromatic rings. The zero-order chi connectivity index (χ0) is 18.9. The molecule has 1 spiro atoms. The molecular weight excluding hydrogens is 340 g/mol. The van der Waals surface area contributed by atoms with Crippen LogP contribution >= 0.6 is 0 Å². The van der Waals surface area contributed by atoms with Crippen molar-refractivity contribution in [3.63, 3.8) is 0 Å².